The summed E-state index contributed by atoms with van der Waals surface area (Å²) >= 11 is 1.45. The molecule has 1 amide bonds. The van der Waals surface area contributed by atoms with Gasteiger partial charge in [-0.2, -0.15) is 0 Å². The maximum absolute atomic E-state index is 12.9. The zero-order valence-corrected chi connectivity index (χ0v) is 13.9. The van der Waals surface area contributed by atoms with E-state index in [9.17, 15) is 9.18 Å². The lowest BCUT2D eigenvalue weighted by Crippen LogP contribution is -2.35. The molecule has 1 N–H and O–H groups in total. The summed E-state index contributed by atoms with van der Waals surface area (Å²) in [5.74, 6) is -0.230. The van der Waals surface area contributed by atoms with E-state index in [4.69, 9.17) is 0 Å². The summed E-state index contributed by atoms with van der Waals surface area (Å²) in [7, 11) is 0. The molecule has 2 aromatic rings. The van der Waals surface area contributed by atoms with Crippen molar-refractivity contribution in [1.29, 1.82) is 0 Å². The molecule has 4 heteroatoms. The van der Waals surface area contributed by atoms with Gasteiger partial charge in [0, 0.05) is 4.90 Å². The van der Waals surface area contributed by atoms with Gasteiger partial charge in [-0.05, 0) is 61.6 Å². The lowest BCUT2D eigenvalue weighted by molar-refractivity contribution is -0.121. The molecule has 2 aromatic carbocycles. The third kappa shape index (κ3) is 3.94. The molecule has 0 saturated carbocycles. The number of benzene rings is 2. The smallest absolute Gasteiger partial charge is 0.233 e. The van der Waals surface area contributed by atoms with E-state index < -0.39 is 0 Å². The van der Waals surface area contributed by atoms with Crippen LogP contribution in [0.1, 0.15) is 36.9 Å². The number of nitrogens with one attached hydrogen (secondary N) is 1. The SMILES string of the molecule is C[C@@H](Sc1ccc(F)cc1)C(=O)N[C@H]1CCCc2ccccc21. The van der Waals surface area contributed by atoms with E-state index in [0.717, 1.165) is 24.2 Å². The Morgan fingerprint density at radius 2 is 1.96 bits per heavy atom. The van der Waals surface area contributed by atoms with Gasteiger partial charge in [0.1, 0.15) is 5.82 Å². The largest absolute Gasteiger partial charge is 0.348 e. The predicted molar refractivity (Wildman–Crippen MR) is 92.0 cm³/mol. The van der Waals surface area contributed by atoms with Gasteiger partial charge in [-0.25, -0.2) is 4.39 Å². The molecule has 0 unspecified atom stereocenters. The third-order valence-corrected chi connectivity index (χ3v) is 5.29. The predicted octanol–water partition coefficient (Wildman–Crippen LogP) is 4.50. The van der Waals surface area contributed by atoms with Gasteiger partial charge in [-0.15, -0.1) is 11.8 Å². The molecule has 0 radical (unpaired) electrons. The first-order valence-electron chi connectivity index (χ1n) is 7.94. The number of carbonyl (C=O) groups is 1. The van der Waals surface area contributed by atoms with E-state index in [0.29, 0.717) is 0 Å². The molecular formula is C19H20FNOS. The Morgan fingerprint density at radius 3 is 2.74 bits per heavy atom. The summed E-state index contributed by atoms with van der Waals surface area (Å²) in [6.07, 6.45) is 3.17. The Hall–Kier alpha value is -1.81. The molecule has 0 spiro atoms. The van der Waals surface area contributed by atoms with E-state index in [-0.39, 0.29) is 23.0 Å². The first-order chi connectivity index (χ1) is 11.1. The first-order valence-corrected chi connectivity index (χ1v) is 8.82. The number of thioether (sulfide) groups is 1. The summed E-state index contributed by atoms with van der Waals surface area (Å²) in [6, 6.07) is 14.7. The van der Waals surface area contributed by atoms with Gasteiger partial charge < -0.3 is 5.32 Å². The Labute approximate surface area is 140 Å². The van der Waals surface area contributed by atoms with Crippen LogP contribution in [-0.4, -0.2) is 11.2 Å². The molecule has 2 nitrogen and oxygen atoms in total. The van der Waals surface area contributed by atoms with Crippen molar-refractivity contribution in [2.24, 2.45) is 0 Å². The molecule has 23 heavy (non-hydrogen) atoms. The van der Waals surface area contributed by atoms with Crippen LogP contribution in [0.2, 0.25) is 0 Å². The highest BCUT2D eigenvalue weighted by Gasteiger charge is 2.23. The zero-order chi connectivity index (χ0) is 16.2. The molecule has 0 aromatic heterocycles. The van der Waals surface area contributed by atoms with Crippen molar-refractivity contribution in [3.63, 3.8) is 0 Å². The summed E-state index contributed by atoms with van der Waals surface area (Å²) in [5, 5.41) is 2.96. The fourth-order valence-corrected chi connectivity index (χ4v) is 3.84. The van der Waals surface area contributed by atoms with Gasteiger partial charge in [0.25, 0.3) is 0 Å². The highest BCUT2D eigenvalue weighted by molar-refractivity contribution is 8.00. The number of aryl methyl sites for hydroxylation is 1. The minimum Gasteiger partial charge on any atom is -0.348 e. The van der Waals surface area contributed by atoms with Crippen molar-refractivity contribution in [3.8, 4) is 0 Å². The van der Waals surface area contributed by atoms with Crippen LogP contribution in [-0.2, 0) is 11.2 Å². The van der Waals surface area contributed by atoms with Crippen molar-refractivity contribution in [3.05, 3.63) is 65.5 Å². The van der Waals surface area contributed by atoms with Crippen LogP contribution < -0.4 is 5.32 Å². The van der Waals surface area contributed by atoms with Crippen molar-refractivity contribution in [1.82, 2.24) is 5.32 Å². The summed E-state index contributed by atoms with van der Waals surface area (Å²) in [4.78, 5) is 13.4. The third-order valence-electron chi connectivity index (χ3n) is 4.18. The van der Waals surface area contributed by atoms with E-state index in [1.807, 2.05) is 13.0 Å². The summed E-state index contributed by atoms with van der Waals surface area (Å²) in [6.45, 7) is 1.89. The quantitative estimate of drug-likeness (QED) is 0.837. The highest BCUT2D eigenvalue weighted by Crippen LogP contribution is 2.30. The van der Waals surface area contributed by atoms with Gasteiger partial charge >= 0.3 is 0 Å². The number of rotatable bonds is 4. The van der Waals surface area contributed by atoms with Gasteiger partial charge in [-0.3, -0.25) is 4.79 Å². The monoisotopic (exact) mass is 329 g/mol. The Bertz CT molecular complexity index is 686. The lowest BCUT2D eigenvalue weighted by Gasteiger charge is -2.27. The number of amides is 1. The van der Waals surface area contributed by atoms with E-state index in [2.05, 4.69) is 23.5 Å². The molecule has 3 rings (SSSR count). The molecule has 1 aliphatic rings. The van der Waals surface area contributed by atoms with Crippen LogP contribution in [0.25, 0.3) is 0 Å². The standard InChI is InChI=1S/C19H20FNOS/c1-13(23-16-11-9-15(20)10-12-16)19(22)21-18-8-4-6-14-5-2-3-7-17(14)18/h2-3,5,7,9-13,18H,4,6,8H2,1H3,(H,21,22)/t13-,18+/m1/s1. The molecule has 0 aliphatic heterocycles. The van der Waals surface area contributed by atoms with Crippen LogP contribution in [0, 0.1) is 5.82 Å². The van der Waals surface area contributed by atoms with E-state index in [1.165, 1.54) is 35.0 Å². The fourth-order valence-electron chi connectivity index (χ4n) is 2.96. The topological polar surface area (TPSA) is 29.1 Å². The second-order valence-corrected chi connectivity index (χ2v) is 7.28. The Balaban J connectivity index is 1.64. The molecule has 0 bridgehead atoms. The van der Waals surface area contributed by atoms with Crippen LogP contribution in [0.3, 0.4) is 0 Å². The number of hydrogen-bond donors (Lipinski definition) is 1. The van der Waals surface area contributed by atoms with Crippen molar-refractivity contribution in [2.45, 2.75) is 42.4 Å². The molecule has 0 fully saturated rings. The fraction of sp³-hybridized carbons (Fsp3) is 0.316. The van der Waals surface area contributed by atoms with Crippen molar-refractivity contribution >= 4 is 17.7 Å². The van der Waals surface area contributed by atoms with Gasteiger partial charge in [0.15, 0.2) is 0 Å². The number of halogens is 1. The summed E-state index contributed by atoms with van der Waals surface area (Å²) < 4.78 is 12.9. The number of carbonyl (C=O) groups excluding carboxylic acids is 1. The second-order valence-electron chi connectivity index (χ2n) is 5.87. The lowest BCUT2D eigenvalue weighted by atomic mass is 9.88. The molecular weight excluding hydrogens is 309 g/mol. The zero-order valence-electron chi connectivity index (χ0n) is 13.1. The number of hydrogen-bond acceptors (Lipinski definition) is 2. The molecule has 0 heterocycles. The molecule has 0 saturated heterocycles. The van der Waals surface area contributed by atoms with Gasteiger partial charge in [0.2, 0.25) is 5.91 Å². The molecule has 1 aliphatic carbocycles. The minimum atomic E-state index is -0.259. The molecule has 120 valence electrons. The second kappa shape index (κ2) is 7.18. The maximum atomic E-state index is 12.9. The van der Waals surface area contributed by atoms with Crippen LogP contribution in [0.5, 0.6) is 0 Å². The average Bonchev–Trinajstić information content (AvgIpc) is 2.57. The Morgan fingerprint density at radius 1 is 1.22 bits per heavy atom. The average molecular weight is 329 g/mol. The van der Waals surface area contributed by atoms with Gasteiger partial charge in [0.05, 0.1) is 11.3 Å². The number of fused-ring (bicyclic) bond motifs is 1. The van der Waals surface area contributed by atoms with Crippen LogP contribution >= 0.6 is 11.8 Å². The highest BCUT2D eigenvalue weighted by atomic mass is 32.2. The normalized spacial score (nSPS) is 18.1. The Kier molecular flexibility index (Phi) is 5.01. The van der Waals surface area contributed by atoms with E-state index >= 15 is 0 Å². The maximum Gasteiger partial charge on any atom is 0.233 e. The van der Waals surface area contributed by atoms with Crippen molar-refractivity contribution in [2.75, 3.05) is 0 Å². The van der Waals surface area contributed by atoms with Crippen LogP contribution in [0.4, 0.5) is 4.39 Å². The summed E-state index contributed by atoms with van der Waals surface area (Å²) in [5.41, 5.74) is 2.58. The molecule has 2 atom stereocenters. The van der Waals surface area contributed by atoms with E-state index in [1.54, 1.807) is 12.1 Å². The van der Waals surface area contributed by atoms with Crippen LogP contribution in [0.15, 0.2) is 53.4 Å². The first kappa shape index (κ1) is 16.1. The minimum absolute atomic E-state index is 0.0287. The van der Waals surface area contributed by atoms with Crippen molar-refractivity contribution < 1.29 is 9.18 Å². The van der Waals surface area contributed by atoms with Gasteiger partial charge in [-0.1, -0.05) is 24.3 Å².